The fourth-order valence-electron chi connectivity index (χ4n) is 5.12. The number of fused-ring (bicyclic) bond motifs is 1. The molecule has 0 radical (unpaired) electrons. The van der Waals surface area contributed by atoms with E-state index in [1.165, 1.54) is 33.3 Å². The maximum absolute atomic E-state index is 13.4. The standard InChI is InChI=1S/C25H32ClN7O4S/c1-31(2)24(36)13-4-7-19(33(25(37)21(28)34)14-5-6-15(26)16(27)11-14)18(10-13)29-22(35)23-30-17-8-9-32(3)12-20(17)38-23/h5-6,11,13,18-19H,4,7-10,12,27H2,1-3H3,(H2,28,34)(H,29,35)/t13-,18+,19-/m0/s1. The molecule has 13 heteroatoms. The summed E-state index contributed by atoms with van der Waals surface area (Å²) in [5.74, 6) is -2.92. The Balaban J connectivity index is 1.68. The lowest BCUT2D eigenvalue weighted by molar-refractivity contribution is -0.136. The lowest BCUT2D eigenvalue weighted by Crippen LogP contribution is -2.59. The Morgan fingerprint density at radius 3 is 2.61 bits per heavy atom. The van der Waals surface area contributed by atoms with E-state index in [0.717, 1.165) is 30.1 Å². The largest absolute Gasteiger partial charge is 0.397 e. The van der Waals surface area contributed by atoms with Crippen molar-refractivity contribution in [3.63, 3.8) is 0 Å². The van der Waals surface area contributed by atoms with Gasteiger partial charge in [-0.05, 0) is 44.5 Å². The van der Waals surface area contributed by atoms with Crippen molar-refractivity contribution in [3.05, 3.63) is 38.8 Å². The fourth-order valence-corrected chi connectivity index (χ4v) is 6.33. The van der Waals surface area contributed by atoms with Gasteiger partial charge in [-0.15, -0.1) is 11.3 Å². The van der Waals surface area contributed by atoms with Gasteiger partial charge in [-0.25, -0.2) is 4.98 Å². The highest BCUT2D eigenvalue weighted by atomic mass is 35.5. The summed E-state index contributed by atoms with van der Waals surface area (Å²) in [4.78, 5) is 62.0. The molecule has 0 spiro atoms. The third kappa shape index (κ3) is 5.77. The van der Waals surface area contributed by atoms with Gasteiger partial charge in [0.2, 0.25) is 5.91 Å². The average Bonchev–Trinajstić information content (AvgIpc) is 3.29. The van der Waals surface area contributed by atoms with Gasteiger partial charge in [0.1, 0.15) is 0 Å². The lowest BCUT2D eigenvalue weighted by atomic mass is 9.80. The van der Waals surface area contributed by atoms with E-state index >= 15 is 0 Å². The minimum Gasteiger partial charge on any atom is -0.397 e. The number of nitrogens with two attached hydrogens (primary N) is 2. The predicted octanol–water partition coefficient (Wildman–Crippen LogP) is 1.24. The number of amides is 4. The molecule has 0 bridgehead atoms. The molecular formula is C25H32ClN7O4S. The van der Waals surface area contributed by atoms with Crippen LogP contribution in [0.4, 0.5) is 11.4 Å². The molecule has 0 unspecified atom stereocenters. The van der Waals surface area contributed by atoms with E-state index in [1.54, 1.807) is 20.2 Å². The van der Waals surface area contributed by atoms with E-state index in [2.05, 4.69) is 15.2 Å². The van der Waals surface area contributed by atoms with Crippen LogP contribution in [0.25, 0.3) is 0 Å². The second kappa shape index (κ2) is 11.3. The molecule has 204 valence electrons. The lowest BCUT2D eigenvalue weighted by Gasteiger charge is -2.42. The highest BCUT2D eigenvalue weighted by Gasteiger charge is 2.42. The molecule has 1 saturated carbocycles. The van der Waals surface area contributed by atoms with Gasteiger partial charge in [-0.1, -0.05) is 11.6 Å². The van der Waals surface area contributed by atoms with Crippen LogP contribution in [0.15, 0.2) is 18.2 Å². The fraction of sp³-hybridized carbons (Fsp3) is 0.480. The molecule has 1 aliphatic heterocycles. The molecule has 0 saturated heterocycles. The summed E-state index contributed by atoms with van der Waals surface area (Å²) in [6.07, 6.45) is 1.83. The number of aromatic nitrogens is 1. The van der Waals surface area contributed by atoms with Gasteiger partial charge in [0, 0.05) is 50.1 Å². The van der Waals surface area contributed by atoms with Gasteiger partial charge in [-0.2, -0.15) is 0 Å². The number of nitrogens with zero attached hydrogens (tertiary/aromatic N) is 4. The third-order valence-corrected chi connectivity index (χ3v) is 8.48. The number of nitrogens with one attached hydrogen (secondary N) is 1. The Morgan fingerprint density at radius 1 is 1.21 bits per heavy atom. The van der Waals surface area contributed by atoms with Crippen LogP contribution in [-0.2, 0) is 27.3 Å². The number of hydrogen-bond donors (Lipinski definition) is 3. The number of halogens is 1. The summed E-state index contributed by atoms with van der Waals surface area (Å²) in [7, 11) is 5.38. The topological polar surface area (TPSA) is 155 Å². The van der Waals surface area contributed by atoms with Gasteiger partial charge in [0.05, 0.1) is 28.5 Å². The number of rotatable bonds is 5. The van der Waals surface area contributed by atoms with E-state index in [0.29, 0.717) is 28.6 Å². The Kier molecular flexibility index (Phi) is 8.24. The van der Waals surface area contributed by atoms with Crippen molar-refractivity contribution in [2.24, 2.45) is 11.7 Å². The van der Waals surface area contributed by atoms with Crippen LogP contribution in [0.5, 0.6) is 0 Å². The zero-order chi connectivity index (χ0) is 27.7. The van der Waals surface area contributed by atoms with Crippen molar-refractivity contribution in [1.82, 2.24) is 20.1 Å². The van der Waals surface area contributed by atoms with Crippen LogP contribution >= 0.6 is 22.9 Å². The third-order valence-electron chi connectivity index (χ3n) is 7.06. The molecule has 1 aliphatic carbocycles. The molecule has 3 atom stereocenters. The minimum absolute atomic E-state index is 0.0704. The molecule has 4 rings (SSSR count). The number of carbonyl (C=O) groups excluding carboxylic acids is 4. The van der Waals surface area contributed by atoms with Crippen LogP contribution in [0.1, 0.15) is 39.6 Å². The van der Waals surface area contributed by atoms with Crippen molar-refractivity contribution in [2.75, 3.05) is 38.3 Å². The zero-order valence-corrected chi connectivity index (χ0v) is 23.1. The maximum atomic E-state index is 13.4. The Hall–Kier alpha value is -3.22. The molecule has 1 aromatic heterocycles. The quantitative estimate of drug-likeness (QED) is 0.366. The maximum Gasteiger partial charge on any atom is 0.316 e. The summed E-state index contributed by atoms with van der Waals surface area (Å²) in [5, 5.41) is 3.64. The van der Waals surface area contributed by atoms with Crippen molar-refractivity contribution in [3.8, 4) is 0 Å². The van der Waals surface area contributed by atoms with Crippen molar-refractivity contribution in [1.29, 1.82) is 0 Å². The van der Waals surface area contributed by atoms with E-state index in [1.807, 2.05) is 7.05 Å². The van der Waals surface area contributed by atoms with Gasteiger partial charge in [-0.3, -0.25) is 24.1 Å². The second-order valence-corrected chi connectivity index (χ2v) is 11.5. The monoisotopic (exact) mass is 561 g/mol. The van der Waals surface area contributed by atoms with Crippen molar-refractivity contribution in [2.45, 2.75) is 44.3 Å². The normalized spacial score (nSPS) is 21.3. The number of carbonyl (C=O) groups is 4. The van der Waals surface area contributed by atoms with E-state index in [-0.39, 0.29) is 29.8 Å². The average molecular weight is 562 g/mol. The number of benzene rings is 1. The zero-order valence-electron chi connectivity index (χ0n) is 21.6. The predicted molar refractivity (Wildman–Crippen MR) is 146 cm³/mol. The highest BCUT2D eigenvalue weighted by Crippen LogP contribution is 2.34. The molecular weight excluding hydrogens is 530 g/mol. The SMILES string of the molecule is CN1CCc2nc(C(=O)N[C@@H]3C[C@@H](C(=O)N(C)C)CC[C@@H]3N(C(=O)C(N)=O)c3ccc(Cl)c(N)c3)sc2C1. The van der Waals surface area contributed by atoms with E-state index < -0.39 is 23.9 Å². The summed E-state index contributed by atoms with van der Waals surface area (Å²) >= 11 is 7.43. The molecule has 11 nitrogen and oxygen atoms in total. The van der Waals surface area contributed by atoms with E-state index in [9.17, 15) is 19.2 Å². The van der Waals surface area contributed by atoms with Crippen molar-refractivity contribution >= 4 is 57.9 Å². The van der Waals surface area contributed by atoms with Crippen LogP contribution < -0.4 is 21.7 Å². The first-order valence-corrected chi connectivity index (χ1v) is 13.5. The van der Waals surface area contributed by atoms with Crippen LogP contribution in [-0.4, -0.2) is 78.2 Å². The number of primary amides is 1. The minimum atomic E-state index is -1.15. The summed E-state index contributed by atoms with van der Waals surface area (Å²) < 4.78 is 0. The van der Waals surface area contributed by atoms with Gasteiger partial charge in [0.25, 0.3) is 5.91 Å². The molecule has 1 fully saturated rings. The number of anilines is 2. The molecule has 1 aromatic carbocycles. The smallest absolute Gasteiger partial charge is 0.316 e. The first-order chi connectivity index (χ1) is 18.0. The van der Waals surface area contributed by atoms with Gasteiger partial charge in [0.15, 0.2) is 5.01 Å². The van der Waals surface area contributed by atoms with E-state index in [4.69, 9.17) is 23.1 Å². The molecule has 2 aromatic rings. The number of hydrogen-bond acceptors (Lipinski definition) is 8. The molecule has 5 N–H and O–H groups in total. The van der Waals surface area contributed by atoms with Crippen LogP contribution in [0, 0.1) is 5.92 Å². The first kappa shape index (κ1) is 27.8. The summed E-state index contributed by atoms with van der Waals surface area (Å²) in [6.45, 7) is 1.59. The molecule has 38 heavy (non-hydrogen) atoms. The Bertz CT molecular complexity index is 1270. The van der Waals surface area contributed by atoms with Crippen molar-refractivity contribution < 1.29 is 19.2 Å². The highest BCUT2D eigenvalue weighted by molar-refractivity contribution is 7.13. The number of nitrogen functional groups attached to an aromatic ring is 1. The van der Waals surface area contributed by atoms with Gasteiger partial charge >= 0.3 is 11.8 Å². The molecule has 2 heterocycles. The van der Waals surface area contributed by atoms with Crippen LogP contribution in [0.2, 0.25) is 5.02 Å². The summed E-state index contributed by atoms with van der Waals surface area (Å²) in [5.41, 5.74) is 12.9. The number of likely N-dealkylation sites (N-methyl/N-ethyl adjacent to an activating group) is 1. The Labute approximate surface area is 230 Å². The van der Waals surface area contributed by atoms with Crippen LogP contribution in [0.3, 0.4) is 0 Å². The Morgan fingerprint density at radius 2 is 1.95 bits per heavy atom. The number of thiazole rings is 1. The second-order valence-electron chi connectivity index (χ2n) is 10.0. The summed E-state index contributed by atoms with van der Waals surface area (Å²) in [6, 6.07) is 3.27. The first-order valence-electron chi connectivity index (χ1n) is 12.3. The molecule has 2 aliphatic rings. The molecule has 4 amide bonds. The van der Waals surface area contributed by atoms with Gasteiger partial charge < -0.3 is 26.6 Å².